The molecule has 23 heavy (non-hydrogen) atoms. The molecule has 0 fully saturated rings. The number of halogens is 1. The molecule has 0 bridgehead atoms. The third-order valence-electron chi connectivity index (χ3n) is 4.15. The van der Waals surface area contributed by atoms with E-state index in [9.17, 15) is 4.79 Å². The number of nitrogens with zero attached hydrogens (tertiary/aromatic N) is 2. The minimum Gasteiger partial charge on any atom is -0.493 e. The molecule has 2 aromatic carbocycles. The predicted octanol–water partition coefficient (Wildman–Crippen LogP) is 4.10. The second-order valence-electron chi connectivity index (χ2n) is 5.78. The van der Waals surface area contributed by atoms with Crippen LogP contribution < -0.4 is 10.1 Å². The second kappa shape index (κ2) is 5.06. The summed E-state index contributed by atoms with van der Waals surface area (Å²) in [6, 6.07) is 12.7. The number of carbonyl (C=O) groups is 1. The monoisotopic (exact) mass is 328 g/mol. The maximum Gasteiger partial charge on any atom is 0.519 e. The molecule has 4 rings (SSSR count). The minimum atomic E-state index is -0.766. The highest BCUT2D eigenvalue weighted by Gasteiger charge is 2.52. The standard InChI is InChI=1S/C17H14ClN3O2/c1-11-2-7-14-15(10-11)23-9-8-17(14)19-16(22)21(20-17)13-5-3-12(18)4-6-13/h2-7,10H,8-9H2,1H3/p+1. The molecular weight excluding hydrogens is 314 g/mol. The van der Waals surface area contributed by atoms with Crippen LogP contribution in [0.15, 0.2) is 47.6 Å². The van der Waals surface area contributed by atoms with Crippen LogP contribution in [-0.2, 0) is 5.66 Å². The largest absolute Gasteiger partial charge is 0.519 e. The Morgan fingerprint density at radius 1 is 1.26 bits per heavy atom. The molecule has 0 saturated heterocycles. The zero-order chi connectivity index (χ0) is 16.0. The van der Waals surface area contributed by atoms with Gasteiger partial charge in [-0.2, -0.15) is 4.79 Å². The molecule has 0 saturated carbocycles. The number of urea groups is 1. The number of hydrogen-bond acceptors (Lipinski definition) is 3. The quantitative estimate of drug-likeness (QED) is 0.801. The van der Waals surface area contributed by atoms with Gasteiger partial charge in [-0.1, -0.05) is 27.5 Å². The van der Waals surface area contributed by atoms with E-state index in [1.165, 1.54) is 4.70 Å². The van der Waals surface area contributed by atoms with Gasteiger partial charge in [0, 0.05) is 5.02 Å². The van der Waals surface area contributed by atoms with Gasteiger partial charge in [0.25, 0.3) is 5.66 Å². The molecule has 6 heteroatoms. The number of carbonyl (C=O) groups excluding carboxylic acids is 1. The number of fused-ring (bicyclic) bond motifs is 2. The molecule has 2 heterocycles. The Morgan fingerprint density at radius 3 is 2.83 bits per heavy atom. The molecule has 2 aliphatic heterocycles. The van der Waals surface area contributed by atoms with Gasteiger partial charge >= 0.3 is 6.03 Å². The highest BCUT2D eigenvalue weighted by atomic mass is 35.5. The number of amides is 2. The van der Waals surface area contributed by atoms with E-state index in [-0.39, 0.29) is 6.03 Å². The van der Waals surface area contributed by atoms with E-state index in [2.05, 4.69) is 10.4 Å². The maximum atomic E-state index is 12.5. The Morgan fingerprint density at radius 2 is 2.04 bits per heavy atom. The molecule has 1 N–H and O–H groups in total. The van der Waals surface area contributed by atoms with E-state index in [1.54, 1.807) is 24.3 Å². The van der Waals surface area contributed by atoms with Gasteiger partial charge in [0.05, 0.1) is 18.6 Å². The summed E-state index contributed by atoms with van der Waals surface area (Å²) >= 11 is 5.91. The van der Waals surface area contributed by atoms with Crippen molar-refractivity contribution in [2.75, 3.05) is 6.61 Å². The zero-order valence-corrected chi connectivity index (χ0v) is 13.3. The summed E-state index contributed by atoms with van der Waals surface area (Å²) in [5.74, 6) is 0.776. The number of benzene rings is 2. The van der Waals surface area contributed by atoms with Crippen molar-refractivity contribution < 1.29 is 14.2 Å². The van der Waals surface area contributed by atoms with Crippen LogP contribution in [0.3, 0.4) is 0 Å². The first-order valence-electron chi connectivity index (χ1n) is 7.42. The van der Waals surface area contributed by atoms with Crippen LogP contribution in [0.4, 0.5) is 10.5 Å². The molecule has 1 atom stereocenters. The lowest BCUT2D eigenvalue weighted by Gasteiger charge is -2.27. The topological polar surface area (TPSA) is 53.7 Å². The fourth-order valence-electron chi connectivity index (χ4n) is 3.00. The van der Waals surface area contributed by atoms with Crippen molar-refractivity contribution in [3.8, 4) is 5.75 Å². The van der Waals surface area contributed by atoms with E-state index < -0.39 is 5.66 Å². The highest BCUT2D eigenvalue weighted by molar-refractivity contribution is 6.30. The van der Waals surface area contributed by atoms with Crippen molar-refractivity contribution in [3.05, 3.63) is 58.6 Å². The van der Waals surface area contributed by atoms with Crippen LogP contribution in [0.5, 0.6) is 5.75 Å². The van der Waals surface area contributed by atoms with Gasteiger partial charge in [-0.15, -0.1) is 0 Å². The lowest BCUT2D eigenvalue weighted by molar-refractivity contribution is -0.404. The van der Waals surface area contributed by atoms with E-state index in [0.717, 1.165) is 16.9 Å². The summed E-state index contributed by atoms with van der Waals surface area (Å²) in [4.78, 5) is 12.5. The molecule has 2 aliphatic rings. The van der Waals surface area contributed by atoms with Gasteiger partial charge in [-0.25, -0.2) is 5.32 Å². The first kappa shape index (κ1) is 14.2. The van der Waals surface area contributed by atoms with Crippen molar-refractivity contribution in [1.82, 2.24) is 5.32 Å². The molecule has 0 aromatic heterocycles. The molecule has 1 unspecified atom stereocenters. The van der Waals surface area contributed by atoms with E-state index in [1.807, 2.05) is 25.1 Å². The molecule has 5 nitrogen and oxygen atoms in total. The van der Waals surface area contributed by atoms with Gasteiger partial charge < -0.3 is 4.74 Å². The molecule has 0 aliphatic carbocycles. The number of nitrogens with one attached hydrogen (secondary N) is 1. The van der Waals surface area contributed by atoms with Crippen molar-refractivity contribution in [2.45, 2.75) is 19.0 Å². The number of rotatable bonds is 1. The number of aryl methyl sites for hydroxylation is 1. The van der Waals surface area contributed by atoms with E-state index >= 15 is 0 Å². The van der Waals surface area contributed by atoms with E-state index in [0.29, 0.717) is 23.7 Å². The van der Waals surface area contributed by atoms with Gasteiger partial charge in [0.1, 0.15) is 5.75 Å². The SMILES string of the molecule is Cc1ccc2c(c1)OCCC21N=[N+](c2ccc(Cl)cc2)C(=O)N1. The van der Waals surface area contributed by atoms with Gasteiger partial charge in [-0.3, -0.25) is 0 Å². The number of ether oxygens (including phenoxy) is 1. The first-order valence-corrected chi connectivity index (χ1v) is 7.80. The molecule has 1 spiro atoms. The van der Waals surface area contributed by atoms with Crippen molar-refractivity contribution in [1.29, 1.82) is 0 Å². The summed E-state index contributed by atoms with van der Waals surface area (Å²) in [5, 5.41) is 8.32. The first-order chi connectivity index (χ1) is 11.1. The lowest BCUT2D eigenvalue weighted by Crippen LogP contribution is -2.43. The molecule has 0 radical (unpaired) electrons. The smallest absolute Gasteiger partial charge is 0.493 e. The fourth-order valence-corrected chi connectivity index (χ4v) is 3.12. The highest BCUT2D eigenvalue weighted by Crippen LogP contribution is 2.41. The lowest BCUT2D eigenvalue weighted by atomic mass is 9.93. The van der Waals surface area contributed by atoms with Gasteiger partial charge in [-0.05, 0) is 48.9 Å². The van der Waals surface area contributed by atoms with Crippen LogP contribution in [0.25, 0.3) is 0 Å². The van der Waals surface area contributed by atoms with Crippen molar-refractivity contribution >= 4 is 23.3 Å². The third kappa shape index (κ3) is 2.28. The van der Waals surface area contributed by atoms with Crippen LogP contribution in [0.2, 0.25) is 5.02 Å². The Hall–Kier alpha value is -2.40. The van der Waals surface area contributed by atoms with E-state index in [4.69, 9.17) is 16.3 Å². The third-order valence-corrected chi connectivity index (χ3v) is 4.40. The summed E-state index contributed by atoms with van der Waals surface area (Å²) in [5.41, 5.74) is 1.92. The van der Waals surface area contributed by atoms with Gasteiger partial charge in [0.2, 0.25) is 0 Å². The summed E-state index contributed by atoms with van der Waals surface area (Å²) in [7, 11) is 0. The van der Waals surface area contributed by atoms with Crippen LogP contribution in [0.1, 0.15) is 17.5 Å². The predicted molar refractivity (Wildman–Crippen MR) is 85.3 cm³/mol. The summed E-state index contributed by atoms with van der Waals surface area (Å²) < 4.78 is 7.13. The Labute approximate surface area is 138 Å². The number of azo groups is 2. The molecule has 2 aromatic rings. The van der Waals surface area contributed by atoms with Crippen molar-refractivity contribution in [3.63, 3.8) is 0 Å². The average molecular weight is 329 g/mol. The Kier molecular flexibility index (Phi) is 3.13. The normalized spacial score (nSPS) is 22.3. The zero-order valence-electron chi connectivity index (χ0n) is 12.5. The average Bonchev–Trinajstić information content (AvgIpc) is 2.85. The number of hydrogen-bond donors (Lipinski definition) is 1. The molecule has 116 valence electrons. The molecule has 2 amide bonds. The summed E-state index contributed by atoms with van der Waals surface area (Å²) in [6.45, 7) is 2.52. The van der Waals surface area contributed by atoms with Gasteiger partial charge in [0.15, 0.2) is 5.69 Å². The van der Waals surface area contributed by atoms with Crippen LogP contribution >= 0.6 is 11.6 Å². The Bertz CT molecular complexity index is 832. The Balaban J connectivity index is 1.82. The maximum absolute atomic E-state index is 12.5. The van der Waals surface area contributed by atoms with Crippen LogP contribution in [-0.4, -0.2) is 17.3 Å². The van der Waals surface area contributed by atoms with Crippen LogP contribution in [0, 0.1) is 6.92 Å². The summed E-state index contributed by atoms with van der Waals surface area (Å²) in [6.07, 6.45) is 0.596. The molecular formula is C17H15ClN3O2+. The fraction of sp³-hybridized carbons (Fsp3) is 0.235. The van der Waals surface area contributed by atoms with Crippen molar-refractivity contribution in [2.24, 2.45) is 5.11 Å². The second-order valence-corrected chi connectivity index (χ2v) is 6.21. The minimum absolute atomic E-state index is 0.249.